The molecule has 154 valence electrons. The van der Waals surface area contributed by atoms with E-state index in [0.717, 1.165) is 37.2 Å². The molecule has 0 spiro atoms. The van der Waals surface area contributed by atoms with Crippen LogP contribution in [0.1, 0.15) is 48.0 Å². The maximum atomic E-state index is 12.6. The topological polar surface area (TPSA) is 58.6 Å². The van der Waals surface area contributed by atoms with Gasteiger partial charge in [-0.1, -0.05) is 23.7 Å². The first-order valence-corrected chi connectivity index (χ1v) is 10.5. The van der Waals surface area contributed by atoms with E-state index in [1.54, 1.807) is 24.3 Å². The molecular weight excluding hydrogens is 388 g/mol. The van der Waals surface area contributed by atoms with E-state index in [4.69, 9.17) is 16.3 Å². The summed E-state index contributed by atoms with van der Waals surface area (Å²) in [7, 11) is 0. The van der Waals surface area contributed by atoms with E-state index in [-0.39, 0.29) is 11.8 Å². The molecule has 1 saturated heterocycles. The first kappa shape index (κ1) is 21.2. The van der Waals surface area contributed by atoms with Crippen molar-refractivity contribution < 1.29 is 14.3 Å². The molecule has 5 nitrogen and oxygen atoms in total. The van der Waals surface area contributed by atoms with E-state index < -0.39 is 0 Å². The van der Waals surface area contributed by atoms with Gasteiger partial charge in [-0.3, -0.25) is 9.59 Å². The summed E-state index contributed by atoms with van der Waals surface area (Å²) in [4.78, 5) is 26.6. The van der Waals surface area contributed by atoms with Crippen LogP contribution in [0.4, 0.5) is 0 Å². The van der Waals surface area contributed by atoms with Gasteiger partial charge in [0.1, 0.15) is 5.75 Å². The Morgan fingerprint density at radius 2 is 1.79 bits per heavy atom. The minimum Gasteiger partial charge on any atom is -0.494 e. The van der Waals surface area contributed by atoms with Gasteiger partial charge in [0, 0.05) is 36.6 Å². The van der Waals surface area contributed by atoms with Crippen molar-refractivity contribution in [3.05, 3.63) is 64.7 Å². The Hall–Kier alpha value is -2.53. The van der Waals surface area contributed by atoms with Crippen molar-refractivity contribution in [1.29, 1.82) is 0 Å². The monoisotopic (exact) mass is 414 g/mol. The van der Waals surface area contributed by atoms with Gasteiger partial charge in [-0.15, -0.1) is 0 Å². The predicted molar refractivity (Wildman–Crippen MR) is 114 cm³/mol. The van der Waals surface area contributed by atoms with Crippen LogP contribution in [0, 0.1) is 0 Å². The van der Waals surface area contributed by atoms with Crippen LogP contribution in [0.2, 0.25) is 5.02 Å². The second kappa shape index (κ2) is 10.9. The third kappa shape index (κ3) is 6.79. The minimum atomic E-state index is -0.0301. The Bertz CT molecular complexity index is 817. The lowest BCUT2D eigenvalue weighted by Gasteiger charge is -2.26. The van der Waals surface area contributed by atoms with Crippen molar-refractivity contribution in [1.82, 2.24) is 10.2 Å². The second-order valence-corrected chi connectivity index (χ2v) is 7.67. The molecular formula is C23H27ClN2O3. The van der Waals surface area contributed by atoms with Crippen molar-refractivity contribution in [3.63, 3.8) is 0 Å². The third-order valence-electron chi connectivity index (χ3n) is 4.94. The summed E-state index contributed by atoms with van der Waals surface area (Å²) in [6.45, 7) is 2.54. The van der Waals surface area contributed by atoms with E-state index in [2.05, 4.69) is 5.32 Å². The minimum absolute atomic E-state index is 0.0301. The normalized spacial score (nSPS) is 13.8. The highest BCUT2D eigenvalue weighted by atomic mass is 35.5. The largest absolute Gasteiger partial charge is 0.494 e. The first-order chi connectivity index (χ1) is 14.1. The second-order valence-electron chi connectivity index (χ2n) is 7.24. The molecule has 0 aliphatic carbocycles. The van der Waals surface area contributed by atoms with Crippen molar-refractivity contribution in [2.75, 3.05) is 19.7 Å². The van der Waals surface area contributed by atoms with Crippen LogP contribution in [0.3, 0.4) is 0 Å². The number of piperidine rings is 1. The number of likely N-dealkylation sites (tertiary alicyclic amines) is 1. The summed E-state index contributed by atoms with van der Waals surface area (Å²) in [6, 6.07) is 14.7. The molecule has 0 bridgehead atoms. The standard InChI is InChI=1S/C23H27ClN2O3/c24-20-9-11-21(12-10-20)29-15-5-8-22(27)25-17-18-6-4-7-19(16-18)23(28)26-13-2-1-3-14-26/h4,6-7,9-12,16H,1-3,5,8,13-15,17H2,(H,25,27). The van der Waals surface area contributed by atoms with E-state index in [1.165, 1.54) is 6.42 Å². The lowest BCUT2D eigenvalue weighted by Crippen LogP contribution is -2.35. The molecule has 2 aromatic rings. The molecule has 0 saturated carbocycles. The maximum Gasteiger partial charge on any atom is 0.253 e. The lowest BCUT2D eigenvalue weighted by atomic mass is 10.1. The average Bonchev–Trinajstić information content (AvgIpc) is 2.77. The zero-order chi connectivity index (χ0) is 20.5. The van der Waals surface area contributed by atoms with Crippen LogP contribution in [0.25, 0.3) is 0 Å². The van der Waals surface area contributed by atoms with Gasteiger partial charge >= 0.3 is 0 Å². The number of nitrogens with zero attached hydrogens (tertiary/aromatic N) is 1. The third-order valence-corrected chi connectivity index (χ3v) is 5.19. The van der Waals surface area contributed by atoms with E-state index >= 15 is 0 Å². The zero-order valence-electron chi connectivity index (χ0n) is 16.5. The average molecular weight is 415 g/mol. The van der Waals surface area contributed by atoms with Gasteiger partial charge in [-0.25, -0.2) is 0 Å². The summed E-state index contributed by atoms with van der Waals surface area (Å²) in [5, 5.41) is 3.58. The van der Waals surface area contributed by atoms with Gasteiger partial charge in [0.25, 0.3) is 5.91 Å². The quantitative estimate of drug-likeness (QED) is 0.649. The van der Waals surface area contributed by atoms with Gasteiger partial charge < -0.3 is 15.0 Å². The molecule has 29 heavy (non-hydrogen) atoms. The number of carbonyl (C=O) groups is 2. The molecule has 0 unspecified atom stereocenters. The summed E-state index contributed by atoms with van der Waals surface area (Å²) < 4.78 is 5.59. The summed E-state index contributed by atoms with van der Waals surface area (Å²) >= 11 is 5.84. The Kier molecular flexibility index (Phi) is 7.94. The fourth-order valence-corrected chi connectivity index (χ4v) is 3.46. The van der Waals surface area contributed by atoms with Crippen LogP contribution in [-0.4, -0.2) is 36.4 Å². The number of carbonyl (C=O) groups excluding carboxylic acids is 2. The molecule has 6 heteroatoms. The van der Waals surface area contributed by atoms with Crippen LogP contribution in [0.15, 0.2) is 48.5 Å². The number of ether oxygens (including phenoxy) is 1. The zero-order valence-corrected chi connectivity index (χ0v) is 17.3. The first-order valence-electron chi connectivity index (χ1n) is 10.1. The number of nitrogens with one attached hydrogen (secondary N) is 1. The number of amides is 2. The molecule has 1 aliphatic heterocycles. The highest BCUT2D eigenvalue weighted by molar-refractivity contribution is 6.30. The van der Waals surface area contributed by atoms with Gasteiger partial charge in [-0.05, 0) is 67.6 Å². The van der Waals surface area contributed by atoms with Crippen molar-refractivity contribution >= 4 is 23.4 Å². The van der Waals surface area contributed by atoms with Gasteiger partial charge in [-0.2, -0.15) is 0 Å². The van der Waals surface area contributed by atoms with Gasteiger partial charge in [0.05, 0.1) is 6.61 Å². The van der Waals surface area contributed by atoms with Crippen LogP contribution >= 0.6 is 11.6 Å². The molecule has 3 rings (SSSR count). The molecule has 0 aromatic heterocycles. The predicted octanol–water partition coefficient (Wildman–Crippen LogP) is 4.44. The molecule has 1 fully saturated rings. The number of halogens is 1. The van der Waals surface area contributed by atoms with Crippen LogP contribution in [0.5, 0.6) is 5.75 Å². The highest BCUT2D eigenvalue weighted by Crippen LogP contribution is 2.16. The highest BCUT2D eigenvalue weighted by Gasteiger charge is 2.18. The number of hydrogen-bond donors (Lipinski definition) is 1. The lowest BCUT2D eigenvalue weighted by molar-refractivity contribution is -0.121. The Balaban J connectivity index is 1.39. The molecule has 2 aromatic carbocycles. The molecule has 1 aliphatic rings. The Morgan fingerprint density at radius 3 is 2.55 bits per heavy atom. The molecule has 2 amide bonds. The van der Waals surface area contributed by atoms with E-state index in [1.807, 2.05) is 29.2 Å². The number of benzene rings is 2. The molecule has 0 radical (unpaired) electrons. The Morgan fingerprint density at radius 1 is 1.03 bits per heavy atom. The maximum absolute atomic E-state index is 12.6. The van der Waals surface area contributed by atoms with E-state index in [9.17, 15) is 9.59 Å². The fraction of sp³-hybridized carbons (Fsp3) is 0.391. The number of rotatable bonds is 8. The number of hydrogen-bond acceptors (Lipinski definition) is 3. The van der Waals surface area contributed by atoms with Gasteiger partial charge in [0.15, 0.2) is 0 Å². The van der Waals surface area contributed by atoms with Crippen molar-refractivity contribution in [2.24, 2.45) is 0 Å². The summed E-state index contributed by atoms with van der Waals surface area (Å²) in [6.07, 6.45) is 4.36. The summed E-state index contributed by atoms with van der Waals surface area (Å²) in [5.41, 5.74) is 1.62. The molecule has 1 N–H and O–H groups in total. The van der Waals surface area contributed by atoms with Gasteiger partial charge in [0.2, 0.25) is 5.91 Å². The van der Waals surface area contributed by atoms with Crippen molar-refractivity contribution in [2.45, 2.75) is 38.6 Å². The van der Waals surface area contributed by atoms with Crippen LogP contribution < -0.4 is 10.1 Å². The smallest absolute Gasteiger partial charge is 0.253 e. The van der Waals surface area contributed by atoms with E-state index in [0.29, 0.717) is 36.6 Å². The fourth-order valence-electron chi connectivity index (χ4n) is 3.34. The van der Waals surface area contributed by atoms with Crippen molar-refractivity contribution in [3.8, 4) is 5.75 Å². The molecule has 0 atom stereocenters. The molecule has 1 heterocycles. The summed E-state index contributed by atoms with van der Waals surface area (Å²) in [5.74, 6) is 0.791. The SMILES string of the molecule is O=C(CCCOc1ccc(Cl)cc1)NCc1cccc(C(=O)N2CCCCC2)c1. The van der Waals surface area contributed by atoms with Crippen LogP contribution in [-0.2, 0) is 11.3 Å². The Labute approximate surface area is 177 Å².